The fourth-order valence-corrected chi connectivity index (χ4v) is 3.05. The first kappa shape index (κ1) is 21.4. The number of pyridine rings is 1. The predicted octanol–water partition coefficient (Wildman–Crippen LogP) is 3.01. The molecule has 3 rings (SSSR count). The average Bonchev–Trinajstić information content (AvgIpc) is 3.12. The van der Waals surface area contributed by atoms with E-state index in [0.717, 1.165) is 17.2 Å². The van der Waals surface area contributed by atoms with Crippen molar-refractivity contribution < 1.29 is 23.0 Å². The highest BCUT2D eigenvalue weighted by Gasteiger charge is 2.17. The van der Waals surface area contributed by atoms with E-state index in [1.807, 2.05) is 24.3 Å². The molecule has 0 saturated carbocycles. The topological polar surface area (TPSA) is 75.4 Å². The number of methoxy groups -OCH3 is 2. The Labute approximate surface area is 171 Å². The van der Waals surface area contributed by atoms with Gasteiger partial charge in [-0.15, -0.1) is 0 Å². The molecule has 3 aromatic rings. The monoisotopic (exact) mass is 417 g/mol. The molecular weight excluding hydrogens is 396 g/mol. The summed E-state index contributed by atoms with van der Waals surface area (Å²) in [6.07, 6.45) is 0.278. The normalized spacial score (nSPS) is 11.1. The van der Waals surface area contributed by atoms with Crippen molar-refractivity contribution in [3.63, 3.8) is 0 Å². The molecule has 0 aliphatic heterocycles. The van der Waals surface area contributed by atoms with Crippen LogP contribution in [0.3, 0.4) is 0 Å². The van der Waals surface area contributed by atoms with Gasteiger partial charge in [0.2, 0.25) is 0 Å². The van der Waals surface area contributed by atoms with Crippen molar-refractivity contribution >= 4 is 5.97 Å². The number of hydrogen-bond acceptors (Lipinski definition) is 5. The van der Waals surface area contributed by atoms with Gasteiger partial charge in [-0.3, -0.25) is 9.48 Å². The van der Waals surface area contributed by atoms with Crippen LogP contribution in [0.4, 0.5) is 8.78 Å². The summed E-state index contributed by atoms with van der Waals surface area (Å²) in [4.78, 5) is 24.0. The molecular formula is C21H21F2N3O4. The van der Waals surface area contributed by atoms with Crippen LogP contribution >= 0.6 is 0 Å². The standard InChI is InChI=1S/C21H21F2N3O4/c1-29-13-18-17(21(28)30-2)12-26(24-18)11-15-7-5-14(6-8-15)10-25-9-3-4-16(19(22)23)20(25)27/h3-9,12,19H,10-11,13H2,1-2H3. The fraction of sp³-hybridized carbons (Fsp3) is 0.286. The van der Waals surface area contributed by atoms with Gasteiger partial charge < -0.3 is 14.0 Å². The van der Waals surface area contributed by atoms with E-state index < -0.39 is 23.5 Å². The summed E-state index contributed by atoms with van der Waals surface area (Å²) in [5.41, 5.74) is 1.32. The molecule has 1 aromatic carbocycles. The van der Waals surface area contributed by atoms with Crippen molar-refractivity contribution in [1.29, 1.82) is 0 Å². The molecule has 7 nitrogen and oxygen atoms in total. The number of aromatic nitrogens is 3. The second-order valence-corrected chi connectivity index (χ2v) is 6.63. The lowest BCUT2D eigenvalue weighted by Gasteiger charge is -2.09. The Bertz CT molecular complexity index is 1070. The highest BCUT2D eigenvalue weighted by atomic mass is 19.3. The lowest BCUT2D eigenvalue weighted by molar-refractivity contribution is 0.0595. The molecule has 0 atom stereocenters. The Hall–Kier alpha value is -3.33. The molecule has 0 saturated heterocycles. The van der Waals surface area contributed by atoms with Crippen LogP contribution in [0.15, 0.2) is 53.6 Å². The summed E-state index contributed by atoms with van der Waals surface area (Å²) in [5, 5.41) is 4.37. The lowest BCUT2D eigenvalue weighted by atomic mass is 10.1. The van der Waals surface area contributed by atoms with Crippen molar-refractivity contribution in [2.45, 2.75) is 26.1 Å². The zero-order chi connectivity index (χ0) is 21.7. The van der Waals surface area contributed by atoms with Gasteiger partial charge in [0.05, 0.1) is 32.4 Å². The van der Waals surface area contributed by atoms with Crippen LogP contribution < -0.4 is 5.56 Å². The number of nitrogens with zero attached hydrogens (tertiary/aromatic N) is 3. The number of halogens is 2. The van der Waals surface area contributed by atoms with Crippen LogP contribution in [0.2, 0.25) is 0 Å². The van der Waals surface area contributed by atoms with Gasteiger partial charge in [0.25, 0.3) is 12.0 Å². The van der Waals surface area contributed by atoms with E-state index in [1.54, 1.807) is 10.9 Å². The highest BCUT2D eigenvalue weighted by Crippen LogP contribution is 2.15. The molecule has 0 spiro atoms. The van der Waals surface area contributed by atoms with Gasteiger partial charge in [0.15, 0.2) is 0 Å². The third-order valence-corrected chi connectivity index (χ3v) is 4.53. The van der Waals surface area contributed by atoms with E-state index in [1.165, 1.54) is 31.0 Å². The van der Waals surface area contributed by atoms with E-state index in [-0.39, 0.29) is 13.2 Å². The fourth-order valence-electron chi connectivity index (χ4n) is 3.05. The Balaban J connectivity index is 1.75. The van der Waals surface area contributed by atoms with Crippen LogP contribution in [-0.4, -0.2) is 34.5 Å². The SMILES string of the molecule is COCc1nn(Cc2ccc(Cn3cccc(C(F)F)c3=O)cc2)cc1C(=O)OC. The zero-order valence-corrected chi connectivity index (χ0v) is 16.5. The summed E-state index contributed by atoms with van der Waals surface area (Å²) in [6, 6.07) is 9.91. The second kappa shape index (κ2) is 9.45. The van der Waals surface area contributed by atoms with Crippen LogP contribution in [-0.2, 0) is 29.2 Å². The van der Waals surface area contributed by atoms with E-state index >= 15 is 0 Å². The Morgan fingerprint density at radius 1 is 1.10 bits per heavy atom. The van der Waals surface area contributed by atoms with E-state index in [9.17, 15) is 18.4 Å². The Morgan fingerprint density at radius 2 is 1.77 bits per heavy atom. The number of rotatable bonds is 8. The van der Waals surface area contributed by atoms with Gasteiger partial charge in [-0.1, -0.05) is 24.3 Å². The minimum Gasteiger partial charge on any atom is -0.465 e. The number of esters is 1. The molecule has 0 N–H and O–H groups in total. The molecule has 158 valence electrons. The molecule has 0 bridgehead atoms. The molecule has 0 amide bonds. The van der Waals surface area contributed by atoms with Crippen molar-refractivity contribution in [2.24, 2.45) is 0 Å². The van der Waals surface area contributed by atoms with Gasteiger partial charge in [-0.2, -0.15) is 5.10 Å². The van der Waals surface area contributed by atoms with Crippen molar-refractivity contribution in [2.75, 3.05) is 14.2 Å². The third kappa shape index (κ3) is 4.80. The Kier molecular flexibility index (Phi) is 6.73. The maximum Gasteiger partial charge on any atom is 0.341 e. The smallest absolute Gasteiger partial charge is 0.341 e. The van der Waals surface area contributed by atoms with Gasteiger partial charge in [-0.25, -0.2) is 13.6 Å². The summed E-state index contributed by atoms with van der Waals surface area (Å²) < 4.78 is 38.5. The molecule has 9 heteroatoms. The first-order valence-corrected chi connectivity index (χ1v) is 9.11. The van der Waals surface area contributed by atoms with E-state index in [2.05, 4.69) is 5.10 Å². The van der Waals surface area contributed by atoms with Crippen LogP contribution in [0.1, 0.15) is 39.2 Å². The largest absolute Gasteiger partial charge is 0.465 e. The predicted molar refractivity (Wildman–Crippen MR) is 105 cm³/mol. The second-order valence-electron chi connectivity index (χ2n) is 6.63. The number of hydrogen-bond donors (Lipinski definition) is 0. The molecule has 30 heavy (non-hydrogen) atoms. The summed E-state index contributed by atoms with van der Waals surface area (Å²) in [6.45, 7) is 0.781. The molecule has 0 radical (unpaired) electrons. The summed E-state index contributed by atoms with van der Waals surface area (Å²) in [5.74, 6) is -0.486. The van der Waals surface area contributed by atoms with Gasteiger partial charge >= 0.3 is 5.97 Å². The van der Waals surface area contributed by atoms with Crippen molar-refractivity contribution in [1.82, 2.24) is 14.3 Å². The van der Waals surface area contributed by atoms with Gasteiger partial charge in [-0.05, 0) is 23.3 Å². The molecule has 0 fully saturated rings. The van der Waals surface area contributed by atoms with Gasteiger partial charge in [0.1, 0.15) is 11.3 Å². The number of benzene rings is 1. The molecule has 0 unspecified atom stereocenters. The van der Waals surface area contributed by atoms with Crippen LogP contribution in [0, 0.1) is 0 Å². The Morgan fingerprint density at radius 3 is 2.37 bits per heavy atom. The maximum absolute atomic E-state index is 12.9. The van der Waals surface area contributed by atoms with Crippen LogP contribution in [0.5, 0.6) is 0 Å². The number of carbonyl (C=O) groups excluding carboxylic acids is 1. The van der Waals surface area contributed by atoms with E-state index in [0.29, 0.717) is 17.8 Å². The highest BCUT2D eigenvalue weighted by molar-refractivity contribution is 5.90. The molecule has 2 heterocycles. The number of alkyl halides is 2. The summed E-state index contributed by atoms with van der Waals surface area (Å²) >= 11 is 0. The zero-order valence-electron chi connectivity index (χ0n) is 16.5. The quantitative estimate of drug-likeness (QED) is 0.527. The lowest BCUT2D eigenvalue weighted by Crippen LogP contribution is -2.23. The van der Waals surface area contributed by atoms with Gasteiger partial charge in [0, 0.05) is 19.5 Å². The third-order valence-electron chi connectivity index (χ3n) is 4.53. The average molecular weight is 417 g/mol. The first-order chi connectivity index (χ1) is 14.4. The summed E-state index contributed by atoms with van der Waals surface area (Å²) in [7, 11) is 2.82. The molecule has 0 aliphatic carbocycles. The maximum atomic E-state index is 12.9. The van der Waals surface area contributed by atoms with Crippen LogP contribution in [0.25, 0.3) is 0 Å². The number of carbonyl (C=O) groups is 1. The molecule has 2 aromatic heterocycles. The minimum atomic E-state index is -2.81. The van der Waals surface area contributed by atoms with E-state index in [4.69, 9.17) is 9.47 Å². The van der Waals surface area contributed by atoms with Crippen molar-refractivity contribution in [3.8, 4) is 0 Å². The minimum absolute atomic E-state index is 0.183. The first-order valence-electron chi connectivity index (χ1n) is 9.11. The molecule has 0 aliphatic rings. The number of ether oxygens (including phenoxy) is 2. The van der Waals surface area contributed by atoms with Crippen molar-refractivity contribution in [3.05, 3.63) is 87.1 Å².